The molecule has 1 fully saturated rings. The molecule has 0 aliphatic carbocycles. The maximum absolute atomic E-state index is 11.1. The van der Waals surface area contributed by atoms with E-state index in [0.717, 1.165) is 0 Å². The molecule has 74 valence electrons. The summed E-state index contributed by atoms with van der Waals surface area (Å²) >= 11 is 0. The van der Waals surface area contributed by atoms with E-state index in [-0.39, 0.29) is 18.9 Å². The van der Waals surface area contributed by atoms with Crippen LogP contribution in [0.25, 0.3) is 0 Å². The zero-order chi connectivity index (χ0) is 10.0. The van der Waals surface area contributed by atoms with Crippen molar-refractivity contribution in [2.45, 2.75) is 25.5 Å². The molecule has 0 aromatic heterocycles. The van der Waals surface area contributed by atoms with Gasteiger partial charge >= 0.3 is 5.97 Å². The molecule has 1 N–H and O–H groups in total. The molecule has 1 rings (SSSR count). The van der Waals surface area contributed by atoms with Gasteiger partial charge in [0.25, 0.3) is 0 Å². The number of amides is 1. The first-order valence-corrected chi connectivity index (χ1v) is 4.09. The van der Waals surface area contributed by atoms with E-state index >= 15 is 0 Å². The number of β-amino-alcohol motifs (C(OH)–C–C–N with tert-alkyl or cyclic N) is 1. The second kappa shape index (κ2) is 3.74. The molecule has 13 heavy (non-hydrogen) atoms. The molecule has 0 aromatic carbocycles. The maximum Gasteiger partial charge on any atom is 0.328 e. The lowest BCUT2D eigenvalue weighted by molar-refractivity contribution is -0.150. The molecule has 0 bridgehead atoms. The largest absolute Gasteiger partial charge is 0.467 e. The van der Waals surface area contributed by atoms with E-state index in [1.807, 2.05) is 0 Å². The lowest BCUT2D eigenvalue weighted by Gasteiger charge is -2.20. The van der Waals surface area contributed by atoms with Crippen LogP contribution in [0.4, 0.5) is 0 Å². The van der Waals surface area contributed by atoms with Crippen molar-refractivity contribution in [1.29, 1.82) is 0 Å². The fraction of sp³-hybridized carbons (Fsp3) is 0.750. The number of aliphatic hydroxyl groups is 1. The minimum absolute atomic E-state index is 0.216. The van der Waals surface area contributed by atoms with Crippen molar-refractivity contribution >= 4 is 11.9 Å². The van der Waals surface area contributed by atoms with Crippen molar-refractivity contribution in [3.05, 3.63) is 0 Å². The van der Waals surface area contributed by atoms with Gasteiger partial charge in [0.15, 0.2) is 0 Å². The van der Waals surface area contributed by atoms with Crippen LogP contribution in [0.3, 0.4) is 0 Å². The number of aliphatic hydroxyl groups excluding tert-OH is 1. The number of nitrogens with zero attached hydrogens (tertiary/aromatic N) is 1. The Morgan fingerprint density at radius 1 is 1.54 bits per heavy atom. The summed E-state index contributed by atoms with van der Waals surface area (Å²) in [7, 11) is 1.27. The van der Waals surface area contributed by atoms with E-state index in [2.05, 4.69) is 4.74 Å². The van der Waals surface area contributed by atoms with Gasteiger partial charge in [-0.05, 0) is 0 Å². The smallest absolute Gasteiger partial charge is 0.328 e. The maximum atomic E-state index is 11.1. The number of methoxy groups -OCH3 is 1. The Hall–Kier alpha value is -1.10. The van der Waals surface area contributed by atoms with E-state index in [9.17, 15) is 14.7 Å². The minimum Gasteiger partial charge on any atom is -0.467 e. The molecule has 1 aliphatic heterocycles. The van der Waals surface area contributed by atoms with Crippen LogP contribution in [0.1, 0.15) is 13.3 Å². The first-order chi connectivity index (χ1) is 6.06. The second-order valence-corrected chi connectivity index (χ2v) is 3.10. The van der Waals surface area contributed by atoms with Crippen LogP contribution in [0.15, 0.2) is 0 Å². The third-order valence-electron chi connectivity index (χ3n) is 2.16. The quantitative estimate of drug-likeness (QED) is 0.542. The first kappa shape index (κ1) is 9.98. The number of carbonyl (C=O) groups is 2. The summed E-state index contributed by atoms with van der Waals surface area (Å²) in [4.78, 5) is 23.5. The Labute approximate surface area is 76.3 Å². The summed E-state index contributed by atoms with van der Waals surface area (Å²) in [6, 6.07) is -0.613. The zero-order valence-corrected chi connectivity index (χ0v) is 7.69. The molecule has 0 unspecified atom stereocenters. The molecular weight excluding hydrogens is 174 g/mol. The van der Waals surface area contributed by atoms with E-state index in [1.165, 1.54) is 18.9 Å². The molecule has 2 atom stereocenters. The standard InChI is InChI=1S/C8H13NO4/c1-5(10)9-4-6(11)3-7(9)8(12)13-2/h6-7,11H,3-4H2,1-2H3/t6-,7-/m0/s1. The van der Waals surface area contributed by atoms with Gasteiger partial charge in [0.1, 0.15) is 6.04 Å². The zero-order valence-electron chi connectivity index (χ0n) is 7.69. The van der Waals surface area contributed by atoms with Crippen LogP contribution in [-0.2, 0) is 14.3 Å². The Kier molecular flexibility index (Phi) is 2.87. The highest BCUT2D eigenvalue weighted by molar-refractivity contribution is 5.84. The second-order valence-electron chi connectivity index (χ2n) is 3.10. The van der Waals surface area contributed by atoms with Crippen molar-refractivity contribution in [3.8, 4) is 0 Å². The monoisotopic (exact) mass is 187 g/mol. The topological polar surface area (TPSA) is 66.8 Å². The highest BCUT2D eigenvalue weighted by Gasteiger charge is 2.37. The molecule has 0 aromatic rings. The Morgan fingerprint density at radius 2 is 2.15 bits per heavy atom. The van der Waals surface area contributed by atoms with Gasteiger partial charge in [-0.3, -0.25) is 4.79 Å². The molecule has 0 spiro atoms. The van der Waals surface area contributed by atoms with E-state index < -0.39 is 18.1 Å². The number of likely N-dealkylation sites (tertiary alicyclic amines) is 1. The van der Waals surface area contributed by atoms with Gasteiger partial charge in [-0.2, -0.15) is 0 Å². The van der Waals surface area contributed by atoms with Crippen molar-refractivity contribution in [1.82, 2.24) is 4.90 Å². The molecule has 1 heterocycles. The number of carbonyl (C=O) groups excluding carboxylic acids is 2. The van der Waals surface area contributed by atoms with Crippen molar-refractivity contribution in [3.63, 3.8) is 0 Å². The molecular formula is C8H13NO4. The molecule has 0 saturated carbocycles. The highest BCUT2D eigenvalue weighted by atomic mass is 16.5. The summed E-state index contributed by atoms with van der Waals surface area (Å²) in [6.45, 7) is 1.59. The molecule has 1 aliphatic rings. The van der Waals surface area contributed by atoms with Gasteiger partial charge in [-0.15, -0.1) is 0 Å². The lowest BCUT2D eigenvalue weighted by Crippen LogP contribution is -2.39. The summed E-state index contributed by atoms with van der Waals surface area (Å²) in [5.74, 6) is -0.682. The normalized spacial score (nSPS) is 27.5. The summed E-state index contributed by atoms with van der Waals surface area (Å²) in [5.41, 5.74) is 0. The summed E-state index contributed by atoms with van der Waals surface area (Å²) in [6.07, 6.45) is -0.347. The van der Waals surface area contributed by atoms with Crippen LogP contribution in [0, 0.1) is 0 Å². The fourth-order valence-electron chi connectivity index (χ4n) is 1.52. The Morgan fingerprint density at radius 3 is 2.62 bits per heavy atom. The third kappa shape index (κ3) is 1.98. The van der Waals surface area contributed by atoms with Gasteiger partial charge in [0, 0.05) is 19.9 Å². The summed E-state index contributed by atoms with van der Waals surface area (Å²) in [5, 5.41) is 9.26. The predicted molar refractivity (Wildman–Crippen MR) is 43.8 cm³/mol. The van der Waals surface area contributed by atoms with Crippen molar-refractivity contribution in [2.75, 3.05) is 13.7 Å². The van der Waals surface area contributed by atoms with Gasteiger partial charge in [-0.1, -0.05) is 0 Å². The highest BCUT2D eigenvalue weighted by Crippen LogP contribution is 2.18. The Balaban J connectivity index is 2.71. The Bertz CT molecular complexity index is 228. The molecule has 1 saturated heterocycles. The van der Waals surface area contributed by atoms with E-state index in [4.69, 9.17) is 0 Å². The van der Waals surface area contributed by atoms with Crippen molar-refractivity contribution in [2.24, 2.45) is 0 Å². The fourth-order valence-corrected chi connectivity index (χ4v) is 1.52. The first-order valence-electron chi connectivity index (χ1n) is 4.09. The molecule has 5 nitrogen and oxygen atoms in total. The number of hydrogen-bond acceptors (Lipinski definition) is 4. The van der Waals surface area contributed by atoms with Gasteiger partial charge in [0.05, 0.1) is 13.2 Å². The van der Waals surface area contributed by atoms with E-state index in [0.29, 0.717) is 0 Å². The van der Waals surface area contributed by atoms with Crippen LogP contribution in [0.5, 0.6) is 0 Å². The SMILES string of the molecule is COC(=O)[C@@H]1C[C@H](O)CN1C(C)=O. The lowest BCUT2D eigenvalue weighted by atomic mass is 10.2. The van der Waals surface area contributed by atoms with Crippen LogP contribution in [0.2, 0.25) is 0 Å². The molecule has 1 amide bonds. The van der Waals surface area contributed by atoms with Crippen molar-refractivity contribution < 1.29 is 19.4 Å². The van der Waals surface area contributed by atoms with Gasteiger partial charge in [0.2, 0.25) is 5.91 Å². The van der Waals surface area contributed by atoms with Crippen LogP contribution >= 0.6 is 0 Å². The molecule has 5 heteroatoms. The average Bonchev–Trinajstić information content (AvgIpc) is 2.46. The predicted octanol–water partition coefficient (Wildman–Crippen LogP) is -0.859. The minimum atomic E-state index is -0.618. The molecule has 0 radical (unpaired) electrons. The number of ether oxygens (including phenoxy) is 1. The van der Waals surface area contributed by atoms with Crippen LogP contribution in [-0.4, -0.2) is 47.7 Å². The van der Waals surface area contributed by atoms with Crippen LogP contribution < -0.4 is 0 Å². The number of rotatable bonds is 1. The number of esters is 1. The van der Waals surface area contributed by atoms with Gasteiger partial charge in [-0.25, -0.2) is 4.79 Å². The average molecular weight is 187 g/mol. The number of hydrogen-bond donors (Lipinski definition) is 1. The van der Waals surface area contributed by atoms with E-state index in [1.54, 1.807) is 0 Å². The third-order valence-corrected chi connectivity index (χ3v) is 2.16. The van der Waals surface area contributed by atoms with Gasteiger partial charge < -0.3 is 14.7 Å². The summed E-state index contributed by atoms with van der Waals surface area (Å²) < 4.78 is 4.52.